The first-order chi connectivity index (χ1) is 11.6. The van der Waals surface area contributed by atoms with Gasteiger partial charge in [0.15, 0.2) is 0 Å². The largest absolute Gasteiger partial charge is 0.368 e. The molecule has 0 unspecified atom stereocenters. The number of anilines is 1. The Morgan fingerprint density at radius 2 is 1.71 bits per heavy atom. The van der Waals surface area contributed by atoms with Gasteiger partial charge >= 0.3 is 0 Å². The van der Waals surface area contributed by atoms with Crippen molar-refractivity contribution in [3.8, 4) is 11.1 Å². The van der Waals surface area contributed by atoms with Crippen LogP contribution in [-0.2, 0) is 0 Å². The van der Waals surface area contributed by atoms with Crippen molar-refractivity contribution in [2.75, 3.05) is 18.8 Å². The Bertz CT molecular complexity index is 873. The van der Waals surface area contributed by atoms with Crippen molar-refractivity contribution >= 4 is 22.8 Å². The fourth-order valence-corrected chi connectivity index (χ4v) is 2.78. The van der Waals surface area contributed by atoms with Gasteiger partial charge in [-0.2, -0.15) is 0 Å². The van der Waals surface area contributed by atoms with Gasteiger partial charge in [-0.1, -0.05) is 36.4 Å². The second kappa shape index (κ2) is 6.66. The van der Waals surface area contributed by atoms with Crippen LogP contribution >= 0.6 is 0 Å². The molecular weight excluding hydrogens is 300 g/mol. The van der Waals surface area contributed by atoms with E-state index in [0.717, 1.165) is 16.5 Å². The highest BCUT2D eigenvalue weighted by Gasteiger charge is 2.19. The molecule has 0 fully saturated rings. The first-order valence-electron chi connectivity index (χ1n) is 8.06. The maximum Gasteiger partial charge on any atom is 0.273 e. The molecule has 0 saturated heterocycles. The molecular formula is C19H20N4O. The predicted octanol–water partition coefficient (Wildman–Crippen LogP) is 3.36. The van der Waals surface area contributed by atoms with Crippen molar-refractivity contribution in [2.24, 2.45) is 0 Å². The van der Waals surface area contributed by atoms with Crippen LogP contribution in [0.5, 0.6) is 0 Å². The van der Waals surface area contributed by atoms with Gasteiger partial charge in [0.2, 0.25) is 5.95 Å². The quantitative estimate of drug-likeness (QED) is 0.800. The zero-order valence-corrected chi connectivity index (χ0v) is 13.9. The second-order valence-corrected chi connectivity index (χ2v) is 5.51. The predicted molar refractivity (Wildman–Crippen MR) is 96.6 cm³/mol. The monoisotopic (exact) mass is 320 g/mol. The lowest BCUT2D eigenvalue weighted by molar-refractivity contribution is 0.0769. The number of amides is 1. The molecule has 122 valence electrons. The van der Waals surface area contributed by atoms with E-state index in [1.807, 2.05) is 62.4 Å². The molecule has 3 aromatic rings. The van der Waals surface area contributed by atoms with Gasteiger partial charge in [-0.25, -0.2) is 9.97 Å². The molecule has 2 aromatic carbocycles. The minimum absolute atomic E-state index is 0.116. The molecule has 0 spiro atoms. The lowest BCUT2D eigenvalue weighted by Crippen LogP contribution is -2.31. The van der Waals surface area contributed by atoms with Crippen molar-refractivity contribution in [3.63, 3.8) is 0 Å². The summed E-state index contributed by atoms with van der Waals surface area (Å²) in [5.74, 6) is -0.00483. The highest BCUT2D eigenvalue weighted by atomic mass is 16.2. The van der Waals surface area contributed by atoms with Crippen LogP contribution in [0.4, 0.5) is 5.95 Å². The Kier molecular flexibility index (Phi) is 4.42. The summed E-state index contributed by atoms with van der Waals surface area (Å²) in [7, 11) is 0. The lowest BCUT2D eigenvalue weighted by atomic mass is 10.0. The number of hydrogen-bond donors (Lipinski definition) is 1. The topological polar surface area (TPSA) is 72.1 Å². The van der Waals surface area contributed by atoms with Gasteiger partial charge in [0.25, 0.3) is 5.91 Å². The van der Waals surface area contributed by atoms with E-state index in [1.165, 1.54) is 0 Å². The molecule has 0 aliphatic heterocycles. The van der Waals surface area contributed by atoms with Crippen LogP contribution in [0.2, 0.25) is 0 Å². The van der Waals surface area contributed by atoms with E-state index >= 15 is 0 Å². The van der Waals surface area contributed by atoms with Crippen LogP contribution in [0.1, 0.15) is 24.3 Å². The third-order valence-corrected chi connectivity index (χ3v) is 4.07. The molecule has 24 heavy (non-hydrogen) atoms. The third-order valence-electron chi connectivity index (χ3n) is 4.07. The van der Waals surface area contributed by atoms with E-state index in [9.17, 15) is 4.79 Å². The smallest absolute Gasteiger partial charge is 0.273 e. The fraction of sp³-hybridized carbons (Fsp3) is 0.211. The van der Waals surface area contributed by atoms with Gasteiger partial charge in [-0.3, -0.25) is 4.79 Å². The van der Waals surface area contributed by atoms with Crippen LogP contribution in [0.3, 0.4) is 0 Å². The summed E-state index contributed by atoms with van der Waals surface area (Å²) in [4.78, 5) is 23.0. The SMILES string of the molecule is CCN(CC)C(=O)c1nc(N)nc2ccc(-c3ccccc3)cc12. The maximum absolute atomic E-state index is 12.8. The standard InChI is InChI=1S/C19H20N4O/c1-3-23(4-2)18(24)17-15-12-14(13-8-6-5-7-9-13)10-11-16(15)21-19(20)22-17/h5-12H,3-4H2,1-2H3,(H2,20,21,22). The van der Waals surface area contributed by atoms with Crippen molar-refractivity contribution in [1.29, 1.82) is 0 Å². The Hall–Kier alpha value is -2.95. The fourth-order valence-electron chi connectivity index (χ4n) is 2.78. The van der Waals surface area contributed by atoms with Gasteiger partial charge in [0, 0.05) is 18.5 Å². The summed E-state index contributed by atoms with van der Waals surface area (Å²) >= 11 is 0. The van der Waals surface area contributed by atoms with E-state index in [1.54, 1.807) is 4.90 Å². The zero-order chi connectivity index (χ0) is 17.1. The normalized spacial score (nSPS) is 10.8. The van der Waals surface area contributed by atoms with Gasteiger partial charge in [-0.05, 0) is 37.1 Å². The highest BCUT2D eigenvalue weighted by Crippen LogP contribution is 2.26. The number of hydrogen-bond acceptors (Lipinski definition) is 4. The van der Waals surface area contributed by atoms with Crippen molar-refractivity contribution in [2.45, 2.75) is 13.8 Å². The van der Waals surface area contributed by atoms with Crippen LogP contribution in [0.15, 0.2) is 48.5 Å². The number of nitrogens with zero attached hydrogens (tertiary/aromatic N) is 3. The van der Waals surface area contributed by atoms with Gasteiger partial charge in [0.1, 0.15) is 5.69 Å². The number of nitrogen functional groups attached to an aromatic ring is 1. The van der Waals surface area contributed by atoms with Crippen molar-refractivity contribution < 1.29 is 4.79 Å². The van der Waals surface area contributed by atoms with Crippen molar-refractivity contribution in [3.05, 3.63) is 54.2 Å². The number of nitrogens with two attached hydrogens (primary N) is 1. The summed E-state index contributed by atoms with van der Waals surface area (Å²) in [5, 5.41) is 0.724. The van der Waals surface area contributed by atoms with E-state index in [0.29, 0.717) is 24.3 Å². The Labute approximate surface area is 141 Å². The molecule has 0 aliphatic carbocycles. The molecule has 0 radical (unpaired) electrons. The third kappa shape index (κ3) is 2.93. The Balaban J connectivity index is 2.19. The molecule has 1 amide bonds. The summed E-state index contributed by atoms with van der Waals surface area (Å²) in [6.07, 6.45) is 0. The average molecular weight is 320 g/mol. The minimum Gasteiger partial charge on any atom is -0.368 e. The lowest BCUT2D eigenvalue weighted by Gasteiger charge is -2.19. The molecule has 1 aromatic heterocycles. The van der Waals surface area contributed by atoms with E-state index < -0.39 is 0 Å². The number of carbonyl (C=O) groups excluding carboxylic acids is 1. The second-order valence-electron chi connectivity index (χ2n) is 5.51. The zero-order valence-electron chi connectivity index (χ0n) is 13.9. The Morgan fingerprint density at radius 3 is 2.38 bits per heavy atom. The van der Waals surface area contributed by atoms with Crippen LogP contribution in [0, 0.1) is 0 Å². The number of rotatable bonds is 4. The van der Waals surface area contributed by atoms with Crippen LogP contribution < -0.4 is 5.73 Å². The maximum atomic E-state index is 12.8. The molecule has 2 N–H and O–H groups in total. The highest BCUT2D eigenvalue weighted by molar-refractivity contribution is 6.05. The number of fused-ring (bicyclic) bond motifs is 1. The molecule has 1 heterocycles. The molecule has 0 saturated carbocycles. The number of carbonyl (C=O) groups is 1. The number of benzene rings is 2. The molecule has 0 aliphatic rings. The molecule has 0 atom stereocenters. The summed E-state index contributed by atoms with van der Waals surface area (Å²) < 4.78 is 0. The van der Waals surface area contributed by atoms with Crippen LogP contribution in [-0.4, -0.2) is 33.9 Å². The number of aromatic nitrogens is 2. The summed E-state index contributed by atoms with van der Waals surface area (Å²) in [5.41, 5.74) is 8.94. The van der Waals surface area contributed by atoms with E-state index in [2.05, 4.69) is 9.97 Å². The van der Waals surface area contributed by atoms with Crippen LogP contribution in [0.25, 0.3) is 22.0 Å². The molecule has 3 rings (SSSR count). The van der Waals surface area contributed by atoms with Gasteiger partial charge in [-0.15, -0.1) is 0 Å². The molecule has 0 bridgehead atoms. The summed E-state index contributed by atoms with van der Waals surface area (Å²) in [6.45, 7) is 5.14. The van der Waals surface area contributed by atoms with E-state index in [4.69, 9.17) is 5.73 Å². The first kappa shape index (κ1) is 15.9. The average Bonchev–Trinajstić information content (AvgIpc) is 2.62. The molecule has 5 nitrogen and oxygen atoms in total. The van der Waals surface area contributed by atoms with Crippen molar-refractivity contribution in [1.82, 2.24) is 14.9 Å². The van der Waals surface area contributed by atoms with E-state index in [-0.39, 0.29) is 11.9 Å². The minimum atomic E-state index is -0.121. The Morgan fingerprint density at radius 1 is 1.00 bits per heavy atom. The molecule has 5 heteroatoms. The summed E-state index contributed by atoms with van der Waals surface area (Å²) in [6, 6.07) is 15.8. The first-order valence-corrected chi connectivity index (χ1v) is 8.06. The van der Waals surface area contributed by atoms with Gasteiger partial charge in [0.05, 0.1) is 5.52 Å². The van der Waals surface area contributed by atoms with Gasteiger partial charge < -0.3 is 10.6 Å².